The highest BCUT2D eigenvalue weighted by atomic mass is 35.5. The normalized spacial score (nSPS) is 14.6. The van der Waals surface area contributed by atoms with E-state index in [4.69, 9.17) is 21.6 Å². The fraction of sp³-hybridized carbons (Fsp3) is 0.333. The van der Waals surface area contributed by atoms with Crippen molar-refractivity contribution in [3.8, 4) is 11.8 Å². The van der Waals surface area contributed by atoms with Crippen molar-refractivity contribution in [3.63, 3.8) is 0 Å². The van der Waals surface area contributed by atoms with Crippen LogP contribution in [0.15, 0.2) is 41.3 Å². The van der Waals surface area contributed by atoms with Crippen molar-refractivity contribution in [1.82, 2.24) is 4.90 Å². The maximum Gasteiger partial charge on any atom is 0.337 e. The quantitative estimate of drug-likeness (QED) is 0.593. The molecule has 0 atom stereocenters. The van der Waals surface area contributed by atoms with Crippen molar-refractivity contribution in [2.75, 3.05) is 49.5 Å². The predicted octanol–water partition coefficient (Wildman–Crippen LogP) is 2.88. The van der Waals surface area contributed by atoms with Gasteiger partial charge in [0.2, 0.25) is 0 Å². The Bertz CT molecular complexity index is 1140. The Labute approximate surface area is 191 Å². The number of rotatable bonds is 8. The van der Waals surface area contributed by atoms with Crippen molar-refractivity contribution in [3.05, 3.63) is 47.0 Å². The number of aromatic carboxylic acids is 1. The molecular formula is C21H23ClN4O5S. The number of ether oxygens (including phenoxy) is 1. The number of carbonyl (C=O) groups is 1. The Morgan fingerprint density at radius 1 is 1.22 bits per heavy atom. The van der Waals surface area contributed by atoms with Gasteiger partial charge in [0.1, 0.15) is 10.6 Å². The van der Waals surface area contributed by atoms with E-state index >= 15 is 0 Å². The summed E-state index contributed by atoms with van der Waals surface area (Å²) in [7, 11) is -2.73. The Hall–Kier alpha value is -3.00. The first kappa shape index (κ1) is 23.7. The molecule has 1 heterocycles. The fourth-order valence-electron chi connectivity index (χ4n) is 3.54. The molecule has 9 nitrogen and oxygen atoms in total. The van der Waals surface area contributed by atoms with Crippen molar-refractivity contribution < 1.29 is 23.1 Å². The van der Waals surface area contributed by atoms with E-state index < -0.39 is 16.0 Å². The second-order valence-electron chi connectivity index (χ2n) is 7.17. The van der Waals surface area contributed by atoms with E-state index in [0.717, 1.165) is 0 Å². The second kappa shape index (κ2) is 10.1. The number of methoxy groups -OCH3 is 1. The highest BCUT2D eigenvalue weighted by Crippen LogP contribution is 2.31. The molecule has 0 unspecified atom stereocenters. The lowest BCUT2D eigenvalue weighted by Crippen LogP contribution is -2.47. The number of carboxylic acid groups (broad SMARTS) is 1. The van der Waals surface area contributed by atoms with Crippen LogP contribution in [0.1, 0.15) is 16.8 Å². The number of piperazine rings is 1. The molecule has 11 heteroatoms. The zero-order valence-electron chi connectivity index (χ0n) is 17.4. The highest BCUT2D eigenvalue weighted by molar-refractivity contribution is 7.92. The topological polar surface area (TPSA) is 123 Å². The number of sulfonamides is 1. The highest BCUT2D eigenvalue weighted by Gasteiger charge is 2.24. The van der Waals surface area contributed by atoms with Crippen molar-refractivity contribution in [2.45, 2.75) is 11.3 Å². The molecule has 0 radical (unpaired) electrons. The van der Waals surface area contributed by atoms with Gasteiger partial charge in [-0.2, -0.15) is 5.26 Å². The number of anilines is 2. The van der Waals surface area contributed by atoms with Gasteiger partial charge < -0.3 is 14.7 Å². The lowest BCUT2D eigenvalue weighted by Gasteiger charge is -2.36. The molecule has 0 bridgehead atoms. The first-order chi connectivity index (χ1) is 15.2. The van der Waals surface area contributed by atoms with Crippen LogP contribution in [-0.2, 0) is 10.0 Å². The minimum atomic E-state index is -4.07. The molecule has 3 rings (SSSR count). The molecule has 0 aromatic heterocycles. The molecule has 1 aliphatic heterocycles. The van der Waals surface area contributed by atoms with Crippen LogP contribution < -0.4 is 14.4 Å². The number of hydrogen-bond donors (Lipinski definition) is 2. The number of halogens is 1. The summed E-state index contributed by atoms with van der Waals surface area (Å²) in [5.41, 5.74) is 0.621. The predicted molar refractivity (Wildman–Crippen MR) is 121 cm³/mol. The minimum Gasteiger partial charge on any atom is -0.495 e. The zero-order valence-corrected chi connectivity index (χ0v) is 19.0. The smallest absolute Gasteiger partial charge is 0.337 e. The maximum atomic E-state index is 12.9. The van der Waals surface area contributed by atoms with Crippen LogP contribution in [0.5, 0.6) is 5.75 Å². The number of nitrogens with one attached hydrogen (secondary N) is 1. The molecule has 0 amide bonds. The molecule has 1 fully saturated rings. The van der Waals surface area contributed by atoms with Gasteiger partial charge in [-0.25, -0.2) is 13.2 Å². The van der Waals surface area contributed by atoms with E-state index in [1.54, 1.807) is 6.07 Å². The largest absolute Gasteiger partial charge is 0.495 e. The summed E-state index contributed by atoms with van der Waals surface area (Å²) in [6.45, 7) is 3.32. The molecule has 0 spiro atoms. The van der Waals surface area contributed by atoms with Crippen LogP contribution in [0.4, 0.5) is 11.4 Å². The Kier molecular flexibility index (Phi) is 7.45. The third kappa shape index (κ3) is 5.43. The van der Waals surface area contributed by atoms with Crippen LogP contribution in [0.2, 0.25) is 5.02 Å². The fourth-order valence-corrected chi connectivity index (χ4v) is 5.02. The maximum absolute atomic E-state index is 12.9. The minimum absolute atomic E-state index is 0.00580. The van der Waals surface area contributed by atoms with E-state index in [0.29, 0.717) is 44.8 Å². The number of benzene rings is 2. The average Bonchev–Trinajstić information content (AvgIpc) is 2.77. The van der Waals surface area contributed by atoms with Gasteiger partial charge in [0.15, 0.2) is 0 Å². The van der Waals surface area contributed by atoms with Gasteiger partial charge in [-0.15, -0.1) is 0 Å². The third-order valence-corrected chi connectivity index (χ3v) is 6.78. The van der Waals surface area contributed by atoms with Gasteiger partial charge in [0, 0.05) is 49.9 Å². The van der Waals surface area contributed by atoms with Gasteiger partial charge in [-0.3, -0.25) is 9.62 Å². The van der Waals surface area contributed by atoms with E-state index in [2.05, 4.69) is 15.7 Å². The number of carboxylic acids is 1. The molecule has 0 saturated carbocycles. The zero-order chi connectivity index (χ0) is 23.3. The van der Waals surface area contributed by atoms with Crippen LogP contribution in [0.25, 0.3) is 0 Å². The second-order valence-corrected chi connectivity index (χ2v) is 9.26. The summed E-state index contributed by atoms with van der Waals surface area (Å²) in [6.07, 6.45) is 0.451. The first-order valence-electron chi connectivity index (χ1n) is 9.83. The standard InChI is InChI=1S/C21H23ClN4O5S/c1-31-19-6-3-15(22)13-20(19)32(29,30)24-16-4-5-18(17(14-16)21(27)28)26-11-9-25(10-12-26)8-2-7-23/h3-6,13-14,24H,2,8-12H2,1H3,(H,27,28). The molecule has 2 aromatic carbocycles. The van der Waals surface area contributed by atoms with Crippen LogP contribution >= 0.6 is 11.6 Å². The number of nitrogens with zero attached hydrogens (tertiary/aromatic N) is 3. The summed E-state index contributed by atoms with van der Waals surface area (Å²) in [5, 5.41) is 18.7. The SMILES string of the molecule is COc1ccc(Cl)cc1S(=O)(=O)Nc1ccc(N2CCN(CCC#N)CC2)c(C(=O)O)c1. The van der Waals surface area contributed by atoms with E-state index in [-0.39, 0.29) is 26.9 Å². The molecule has 2 aromatic rings. The monoisotopic (exact) mass is 478 g/mol. The molecule has 1 saturated heterocycles. The van der Waals surface area contributed by atoms with Gasteiger partial charge in [0.05, 0.1) is 24.4 Å². The molecule has 1 aliphatic rings. The Morgan fingerprint density at radius 3 is 2.56 bits per heavy atom. The third-order valence-electron chi connectivity index (χ3n) is 5.15. The summed E-state index contributed by atoms with van der Waals surface area (Å²) >= 11 is 5.94. The Morgan fingerprint density at radius 2 is 1.94 bits per heavy atom. The summed E-state index contributed by atoms with van der Waals surface area (Å²) in [4.78, 5) is 15.9. The van der Waals surface area contributed by atoms with Gasteiger partial charge >= 0.3 is 5.97 Å². The van der Waals surface area contributed by atoms with E-state index in [9.17, 15) is 18.3 Å². The van der Waals surface area contributed by atoms with Crippen molar-refractivity contribution >= 4 is 39.0 Å². The van der Waals surface area contributed by atoms with Gasteiger partial charge in [0.25, 0.3) is 10.0 Å². The lowest BCUT2D eigenvalue weighted by molar-refractivity contribution is 0.0697. The van der Waals surface area contributed by atoms with Gasteiger partial charge in [-0.1, -0.05) is 11.6 Å². The van der Waals surface area contributed by atoms with Crippen LogP contribution in [-0.4, -0.2) is 64.2 Å². The first-order valence-corrected chi connectivity index (χ1v) is 11.7. The lowest BCUT2D eigenvalue weighted by atomic mass is 10.1. The number of hydrogen-bond acceptors (Lipinski definition) is 7. The van der Waals surface area contributed by atoms with Gasteiger partial charge in [-0.05, 0) is 36.4 Å². The Balaban J connectivity index is 1.83. The van der Waals surface area contributed by atoms with Crippen molar-refractivity contribution in [2.24, 2.45) is 0 Å². The van der Waals surface area contributed by atoms with E-state index in [1.807, 2.05) is 4.90 Å². The molecule has 170 valence electrons. The van der Waals surface area contributed by atoms with Crippen LogP contribution in [0, 0.1) is 11.3 Å². The van der Waals surface area contributed by atoms with Crippen molar-refractivity contribution in [1.29, 1.82) is 5.26 Å². The summed E-state index contributed by atoms with van der Waals surface area (Å²) in [5.74, 6) is -1.04. The van der Waals surface area contributed by atoms with Crippen LogP contribution in [0.3, 0.4) is 0 Å². The summed E-state index contributed by atoms with van der Waals surface area (Å²) < 4.78 is 33.3. The molecule has 0 aliphatic carbocycles. The number of nitriles is 1. The molecular weight excluding hydrogens is 456 g/mol. The molecule has 2 N–H and O–H groups in total. The molecule has 32 heavy (non-hydrogen) atoms. The van der Waals surface area contributed by atoms with E-state index in [1.165, 1.54) is 37.4 Å². The average molecular weight is 479 g/mol. The summed E-state index contributed by atoms with van der Waals surface area (Å²) in [6, 6.07) is 10.8.